The number of ketones is 2. The van der Waals surface area contributed by atoms with Crippen LogP contribution in [0.1, 0.15) is 33.8 Å². The summed E-state index contributed by atoms with van der Waals surface area (Å²) < 4.78 is 67.0. The predicted molar refractivity (Wildman–Crippen MR) is 123 cm³/mol. The highest BCUT2D eigenvalue weighted by Crippen LogP contribution is 2.45. The molecule has 5 rings (SSSR count). The first-order chi connectivity index (χ1) is 17.4. The predicted octanol–water partition coefficient (Wildman–Crippen LogP) is 4.26. The SMILES string of the molecule is O=C(C(=O)C(F)(F)F)C(F)(F)F.O=C(Nc1cc2c3c(c1)[C@@H]1CNC[C@@H]1CN3CCC2)c1ccccc1. The maximum atomic E-state index is 12.6. The summed E-state index contributed by atoms with van der Waals surface area (Å²) >= 11 is 0. The minimum atomic E-state index is -5.77. The van der Waals surface area contributed by atoms with Crippen LogP contribution in [0.5, 0.6) is 0 Å². The smallest absolute Gasteiger partial charge is 0.371 e. The van der Waals surface area contributed by atoms with E-state index in [4.69, 9.17) is 0 Å². The number of fused-ring (bicyclic) bond motifs is 2. The maximum absolute atomic E-state index is 12.6. The molecule has 1 amide bonds. The molecule has 0 saturated carbocycles. The molecule has 0 radical (unpaired) electrons. The number of alkyl halides is 6. The van der Waals surface area contributed by atoms with Crippen molar-refractivity contribution >= 4 is 28.8 Å². The molecule has 2 N–H and O–H groups in total. The molecular formula is C25H23F6N3O3. The van der Waals surface area contributed by atoms with Crippen molar-refractivity contribution in [2.24, 2.45) is 5.92 Å². The Labute approximate surface area is 208 Å². The van der Waals surface area contributed by atoms with Crippen LogP contribution in [-0.4, -0.2) is 56.0 Å². The Bertz CT molecular complexity index is 1170. The molecule has 37 heavy (non-hydrogen) atoms. The molecule has 0 aromatic heterocycles. The van der Waals surface area contributed by atoms with Gasteiger partial charge in [-0.3, -0.25) is 14.4 Å². The normalized spacial score (nSPS) is 20.2. The number of anilines is 2. The van der Waals surface area contributed by atoms with E-state index in [0.29, 0.717) is 17.4 Å². The number of benzene rings is 2. The van der Waals surface area contributed by atoms with E-state index in [1.165, 1.54) is 36.3 Å². The molecule has 2 aromatic carbocycles. The van der Waals surface area contributed by atoms with Gasteiger partial charge < -0.3 is 15.5 Å². The van der Waals surface area contributed by atoms with Crippen molar-refractivity contribution in [2.75, 3.05) is 36.4 Å². The molecule has 3 heterocycles. The standard InChI is InChI=1S/C21H23N3O.C4F6O2/c25-21(14-5-2-1-3-6-14)23-17-9-15-7-4-8-24-13-16-11-22-12-19(16)18(10-17)20(15)24;5-3(6,7)1(11)2(12)4(8,9)10/h1-3,5-6,9-10,16,19,22H,4,7-8,11-13H2,(H,23,25);/t16-,19-;/m1./s1. The van der Waals surface area contributed by atoms with Gasteiger partial charge in [0, 0.05) is 49.0 Å². The number of carbonyl (C=O) groups is 3. The summed E-state index contributed by atoms with van der Waals surface area (Å²) in [6.45, 7) is 4.50. The Balaban J connectivity index is 0.000000229. The summed E-state index contributed by atoms with van der Waals surface area (Å²) in [4.78, 5) is 34.4. The lowest BCUT2D eigenvalue weighted by Gasteiger charge is -2.42. The summed E-state index contributed by atoms with van der Waals surface area (Å²) in [6.07, 6.45) is -9.23. The van der Waals surface area contributed by atoms with Gasteiger partial charge >= 0.3 is 23.9 Å². The molecule has 3 aliphatic heterocycles. The minimum absolute atomic E-state index is 0.0303. The lowest BCUT2D eigenvalue weighted by atomic mass is 9.80. The largest absolute Gasteiger partial charge is 0.458 e. The van der Waals surface area contributed by atoms with Crippen LogP contribution < -0.4 is 15.5 Å². The summed E-state index contributed by atoms with van der Waals surface area (Å²) in [5.41, 5.74) is 5.93. The molecule has 12 heteroatoms. The van der Waals surface area contributed by atoms with E-state index in [0.717, 1.165) is 25.2 Å². The zero-order valence-corrected chi connectivity index (χ0v) is 19.4. The maximum Gasteiger partial charge on any atom is 0.458 e. The summed E-state index contributed by atoms with van der Waals surface area (Å²) in [5.74, 6) is -5.57. The molecule has 0 bridgehead atoms. The number of Topliss-reactive ketones (excluding diaryl/α,β-unsaturated/α-hetero) is 2. The molecule has 1 saturated heterocycles. The number of carbonyl (C=O) groups excluding carboxylic acids is 3. The Morgan fingerprint density at radius 3 is 2.19 bits per heavy atom. The first-order valence-electron chi connectivity index (χ1n) is 11.6. The third kappa shape index (κ3) is 5.79. The van der Waals surface area contributed by atoms with Crippen molar-refractivity contribution in [3.05, 3.63) is 59.2 Å². The van der Waals surface area contributed by atoms with Gasteiger partial charge in [0.1, 0.15) is 0 Å². The van der Waals surface area contributed by atoms with Crippen molar-refractivity contribution < 1.29 is 40.7 Å². The van der Waals surface area contributed by atoms with E-state index >= 15 is 0 Å². The van der Waals surface area contributed by atoms with Crippen LogP contribution in [0.3, 0.4) is 0 Å². The number of halogens is 6. The molecule has 0 spiro atoms. The Hall–Kier alpha value is -3.41. The van der Waals surface area contributed by atoms with Gasteiger partial charge in [-0.25, -0.2) is 0 Å². The van der Waals surface area contributed by atoms with Gasteiger partial charge in [-0.2, -0.15) is 26.3 Å². The van der Waals surface area contributed by atoms with Crippen molar-refractivity contribution in [1.82, 2.24) is 5.32 Å². The quantitative estimate of drug-likeness (QED) is 0.461. The van der Waals surface area contributed by atoms with E-state index in [1.54, 1.807) is 0 Å². The van der Waals surface area contributed by atoms with Crippen molar-refractivity contribution in [1.29, 1.82) is 0 Å². The minimum Gasteiger partial charge on any atom is -0.371 e. The van der Waals surface area contributed by atoms with Crippen molar-refractivity contribution in [2.45, 2.75) is 31.1 Å². The Kier molecular flexibility index (Phi) is 7.31. The summed E-state index contributed by atoms with van der Waals surface area (Å²) in [6, 6.07) is 13.9. The van der Waals surface area contributed by atoms with Crippen molar-refractivity contribution in [3.8, 4) is 0 Å². The second kappa shape index (κ2) is 10.2. The van der Waals surface area contributed by atoms with Gasteiger partial charge in [0.2, 0.25) is 0 Å². The summed E-state index contributed by atoms with van der Waals surface area (Å²) in [5, 5.41) is 6.69. The van der Waals surface area contributed by atoms with E-state index < -0.39 is 23.9 Å². The zero-order valence-electron chi connectivity index (χ0n) is 19.4. The van der Waals surface area contributed by atoms with Gasteiger partial charge in [0.25, 0.3) is 5.91 Å². The topological polar surface area (TPSA) is 78.5 Å². The third-order valence-corrected chi connectivity index (χ3v) is 6.62. The molecule has 2 atom stereocenters. The average Bonchev–Trinajstić information content (AvgIpc) is 3.32. The molecule has 6 nitrogen and oxygen atoms in total. The van der Waals surface area contributed by atoms with Gasteiger partial charge in [0.15, 0.2) is 0 Å². The van der Waals surface area contributed by atoms with Crippen LogP contribution in [0.15, 0.2) is 42.5 Å². The number of hydrogen-bond acceptors (Lipinski definition) is 5. The van der Waals surface area contributed by atoms with Crippen LogP contribution in [0, 0.1) is 5.92 Å². The van der Waals surface area contributed by atoms with Crippen LogP contribution in [-0.2, 0) is 16.0 Å². The van der Waals surface area contributed by atoms with Crippen LogP contribution in [0.25, 0.3) is 0 Å². The second-order valence-electron chi connectivity index (χ2n) is 9.12. The molecule has 1 fully saturated rings. The number of nitrogens with one attached hydrogen (secondary N) is 2. The molecule has 3 aliphatic rings. The van der Waals surface area contributed by atoms with E-state index in [9.17, 15) is 40.7 Å². The van der Waals surface area contributed by atoms with E-state index in [2.05, 4.69) is 27.7 Å². The van der Waals surface area contributed by atoms with Gasteiger partial charge in [-0.1, -0.05) is 18.2 Å². The number of amides is 1. The lowest BCUT2D eigenvalue weighted by Crippen LogP contribution is -2.41. The fraction of sp³-hybridized carbons (Fsp3) is 0.400. The van der Waals surface area contributed by atoms with Crippen LogP contribution in [0.4, 0.5) is 37.7 Å². The summed E-state index contributed by atoms with van der Waals surface area (Å²) in [7, 11) is 0. The molecule has 198 valence electrons. The first-order valence-corrected chi connectivity index (χ1v) is 11.6. The Morgan fingerprint density at radius 2 is 1.57 bits per heavy atom. The molecular weight excluding hydrogens is 504 g/mol. The van der Waals surface area contributed by atoms with Crippen molar-refractivity contribution in [3.63, 3.8) is 0 Å². The molecule has 0 aliphatic carbocycles. The van der Waals surface area contributed by atoms with Gasteiger partial charge in [-0.15, -0.1) is 0 Å². The fourth-order valence-corrected chi connectivity index (χ4v) is 5.03. The second-order valence-corrected chi connectivity index (χ2v) is 9.12. The monoisotopic (exact) mass is 527 g/mol. The zero-order chi connectivity index (χ0) is 27.0. The Morgan fingerprint density at radius 1 is 0.919 bits per heavy atom. The fourth-order valence-electron chi connectivity index (χ4n) is 5.03. The lowest BCUT2D eigenvalue weighted by molar-refractivity contribution is -0.193. The van der Waals surface area contributed by atoms with Crippen LogP contribution >= 0.6 is 0 Å². The number of nitrogens with zero attached hydrogens (tertiary/aromatic N) is 1. The first kappa shape index (κ1) is 26.6. The molecule has 0 unspecified atom stereocenters. The highest BCUT2D eigenvalue weighted by Gasteiger charge is 2.54. The average molecular weight is 527 g/mol. The van der Waals surface area contributed by atoms with E-state index in [-0.39, 0.29) is 5.91 Å². The van der Waals surface area contributed by atoms with Gasteiger partial charge in [0.05, 0.1) is 0 Å². The molecule has 2 aromatic rings. The highest BCUT2D eigenvalue weighted by atomic mass is 19.4. The third-order valence-electron chi connectivity index (χ3n) is 6.62. The van der Waals surface area contributed by atoms with E-state index in [1.807, 2.05) is 30.3 Å². The highest BCUT2D eigenvalue weighted by molar-refractivity contribution is 6.41. The number of aryl methyl sites for hydroxylation is 1. The number of hydrogen-bond donors (Lipinski definition) is 2. The van der Waals surface area contributed by atoms with Gasteiger partial charge in [-0.05, 0) is 54.2 Å². The van der Waals surface area contributed by atoms with Crippen LogP contribution in [0.2, 0.25) is 0 Å². The number of rotatable bonds is 3.